The highest BCUT2D eigenvalue weighted by molar-refractivity contribution is 5.34. The van der Waals surface area contributed by atoms with Crippen molar-refractivity contribution in [1.29, 1.82) is 10.5 Å². The lowest BCUT2D eigenvalue weighted by molar-refractivity contribution is -0.0661. The number of nitriles is 2. The Labute approximate surface area is 95.8 Å². The third-order valence-corrected chi connectivity index (χ3v) is 2.15. The van der Waals surface area contributed by atoms with Crippen molar-refractivity contribution in [1.82, 2.24) is 0 Å². The zero-order valence-electron chi connectivity index (χ0n) is 9.77. The van der Waals surface area contributed by atoms with Gasteiger partial charge in [0.2, 0.25) is 0 Å². The number of methoxy groups -OCH3 is 3. The average molecular weight is 224 g/mol. The van der Waals surface area contributed by atoms with Crippen LogP contribution in [0.15, 0.2) is 11.6 Å². The van der Waals surface area contributed by atoms with Gasteiger partial charge in [-0.2, -0.15) is 10.5 Å². The maximum absolute atomic E-state index is 8.57. The molecule has 0 fully saturated rings. The van der Waals surface area contributed by atoms with Crippen molar-refractivity contribution >= 4 is 0 Å². The monoisotopic (exact) mass is 224 g/mol. The van der Waals surface area contributed by atoms with E-state index in [-0.39, 0.29) is 17.8 Å². The molecule has 0 saturated carbocycles. The van der Waals surface area contributed by atoms with Crippen LogP contribution in [0.5, 0.6) is 0 Å². The first-order valence-electron chi connectivity index (χ1n) is 4.78. The molecule has 0 aliphatic carbocycles. The maximum atomic E-state index is 8.57. The van der Waals surface area contributed by atoms with E-state index < -0.39 is 0 Å². The zero-order chi connectivity index (χ0) is 12.4. The summed E-state index contributed by atoms with van der Waals surface area (Å²) in [6.07, 6.45) is 1.52. The van der Waals surface area contributed by atoms with Crippen molar-refractivity contribution in [3.8, 4) is 12.1 Å². The minimum Gasteiger partial charge on any atom is -0.382 e. The van der Waals surface area contributed by atoms with Gasteiger partial charge < -0.3 is 14.2 Å². The maximum Gasteiger partial charge on any atom is 0.125 e. The molecule has 0 radical (unpaired) electrons. The molecule has 0 aliphatic rings. The summed E-state index contributed by atoms with van der Waals surface area (Å²) >= 11 is 0. The number of ether oxygens (including phenoxy) is 3. The van der Waals surface area contributed by atoms with Gasteiger partial charge in [0.15, 0.2) is 0 Å². The second-order valence-electron chi connectivity index (χ2n) is 3.08. The number of nitrogens with zero attached hydrogens (tertiary/aromatic N) is 2. The Balaban J connectivity index is 4.46. The fraction of sp³-hybridized carbons (Fsp3) is 0.636. The van der Waals surface area contributed by atoms with Crippen molar-refractivity contribution in [3.05, 3.63) is 11.6 Å². The summed E-state index contributed by atoms with van der Waals surface area (Å²) in [4.78, 5) is 0. The Bertz CT molecular complexity index is 285. The number of hydrogen-bond donors (Lipinski definition) is 0. The Hall–Kier alpha value is -1.40. The van der Waals surface area contributed by atoms with E-state index in [0.717, 1.165) is 0 Å². The average Bonchev–Trinajstić information content (AvgIpc) is 2.33. The quantitative estimate of drug-likeness (QED) is 0.603. The third kappa shape index (κ3) is 4.90. The van der Waals surface area contributed by atoms with Crippen molar-refractivity contribution < 1.29 is 14.2 Å². The van der Waals surface area contributed by atoms with Gasteiger partial charge in [0.05, 0.1) is 12.7 Å². The fourth-order valence-corrected chi connectivity index (χ4v) is 1.24. The smallest absolute Gasteiger partial charge is 0.125 e. The van der Waals surface area contributed by atoms with Crippen LogP contribution in [-0.2, 0) is 14.2 Å². The molecule has 0 bridgehead atoms. The molecule has 16 heavy (non-hydrogen) atoms. The molecule has 0 heterocycles. The highest BCUT2D eigenvalue weighted by Gasteiger charge is 2.19. The van der Waals surface area contributed by atoms with E-state index in [0.29, 0.717) is 13.0 Å². The van der Waals surface area contributed by atoms with Crippen LogP contribution in [0.4, 0.5) is 0 Å². The van der Waals surface area contributed by atoms with Crippen LogP contribution >= 0.6 is 0 Å². The van der Waals surface area contributed by atoms with Gasteiger partial charge in [-0.25, -0.2) is 0 Å². The topological polar surface area (TPSA) is 75.3 Å². The molecule has 5 heteroatoms. The molecule has 0 amide bonds. The van der Waals surface area contributed by atoms with Gasteiger partial charge in [0, 0.05) is 21.3 Å². The first-order chi connectivity index (χ1) is 7.73. The Morgan fingerprint density at radius 1 is 1.12 bits per heavy atom. The van der Waals surface area contributed by atoms with Crippen molar-refractivity contribution in [2.24, 2.45) is 0 Å². The molecule has 0 aromatic carbocycles. The van der Waals surface area contributed by atoms with Crippen molar-refractivity contribution in [2.45, 2.75) is 18.6 Å². The largest absolute Gasteiger partial charge is 0.382 e. The summed E-state index contributed by atoms with van der Waals surface area (Å²) in [5.74, 6) is 0. The van der Waals surface area contributed by atoms with Crippen molar-refractivity contribution in [2.75, 3.05) is 27.9 Å². The summed E-state index contributed by atoms with van der Waals surface area (Å²) in [7, 11) is 4.69. The predicted octanol–water partition coefficient (Wildman–Crippen LogP) is 1.03. The lowest BCUT2D eigenvalue weighted by Gasteiger charge is -2.23. The molecular formula is C11H16N2O3. The summed E-state index contributed by atoms with van der Waals surface area (Å²) in [5.41, 5.74) is 0.0781. The highest BCUT2D eigenvalue weighted by Crippen LogP contribution is 2.10. The van der Waals surface area contributed by atoms with E-state index in [1.807, 2.05) is 0 Å². The highest BCUT2D eigenvalue weighted by atomic mass is 16.6. The second kappa shape index (κ2) is 8.87. The molecule has 5 nitrogen and oxygen atoms in total. The van der Waals surface area contributed by atoms with E-state index in [2.05, 4.69) is 0 Å². The summed E-state index contributed by atoms with van der Waals surface area (Å²) < 4.78 is 15.4. The molecule has 0 saturated heterocycles. The normalized spacial score (nSPS) is 13.3. The van der Waals surface area contributed by atoms with Crippen LogP contribution in [0.2, 0.25) is 0 Å². The van der Waals surface area contributed by atoms with Crippen LogP contribution in [-0.4, -0.2) is 40.1 Å². The molecule has 0 aromatic heterocycles. The molecular weight excluding hydrogens is 208 g/mol. The number of hydrogen-bond acceptors (Lipinski definition) is 5. The summed E-state index contributed by atoms with van der Waals surface area (Å²) in [5, 5.41) is 17.1. The van der Waals surface area contributed by atoms with Crippen LogP contribution in [0.1, 0.15) is 6.42 Å². The third-order valence-electron chi connectivity index (χ3n) is 2.15. The molecule has 0 aromatic rings. The summed E-state index contributed by atoms with van der Waals surface area (Å²) in [6, 6.07) is 3.58. The molecule has 2 atom stereocenters. The molecule has 0 spiro atoms. The van der Waals surface area contributed by atoms with Crippen LogP contribution in [0.3, 0.4) is 0 Å². The molecule has 0 N–H and O–H groups in total. The number of rotatable bonds is 7. The van der Waals surface area contributed by atoms with Gasteiger partial charge in [-0.15, -0.1) is 0 Å². The minimum atomic E-state index is -0.235. The molecule has 2 unspecified atom stereocenters. The first kappa shape index (κ1) is 14.6. The first-order valence-corrected chi connectivity index (χ1v) is 4.78. The van der Waals surface area contributed by atoms with Crippen molar-refractivity contribution in [3.63, 3.8) is 0 Å². The van der Waals surface area contributed by atoms with E-state index in [9.17, 15) is 0 Å². The van der Waals surface area contributed by atoms with E-state index in [4.69, 9.17) is 24.7 Å². The number of allylic oxidation sites excluding steroid dienone is 1. The van der Waals surface area contributed by atoms with E-state index in [1.54, 1.807) is 33.5 Å². The van der Waals surface area contributed by atoms with E-state index >= 15 is 0 Å². The Morgan fingerprint density at radius 2 is 1.69 bits per heavy atom. The second-order valence-corrected chi connectivity index (χ2v) is 3.08. The van der Waals surface area contributed by atoms with Crippen LogP contribution in [0, 0.1) is 22.7 Å². The van der Waals surface area contributed by atoms with Gasteiger partial charge in [0.1, 0.15) is 23.8 Å². The van der Waals surface area contributed by atoms with E-state index in [1.165, 1.54) is 6.08 Å². The summed E-state index contributed by atoms with van der Waals surface area (Å²) in [6.45, 7) is 0.400. The van der Waals surface area contributed by atoms with Gasteiger partial charge in [-0.05, 0) is 6.42 Å². The zero-order valence-corrected chi connectivity index (χ0v) is 9.77. The van der Waals surface area contributed by atoms with Crippen LogP contribution in [0.25, 0.3) is 0 Å². The standard InChI is InChI=1S/C11H16N2O3/c1-14-8-11(16-3)10(15-2)5-4-9(6-12)7-13/h4,10-11H,5,8H2,1-3H3. The lowest BCUT2D eigenvalue weighted by Crippen LogP contribution is -2.33. The fourth-order valence-electron chi connectivity index (χ4n) is 1.24. The SMILES string of the molecule is COCC(OC)C(CC=C(C#N)C#N)OC. The molecule has 0 aliphatic heterocycles. The van der Waals surface area contributed by atoms with Crippen LogP contribution < -0.4 is 0 Å². The lowest BCUT2D eigenvalue weighted by atomic mass is 10.1. The Morgan fingerprint density at radius 3 is 2.06 bits per heavy atom. The molecule has 88 valence electrons. The Kier molecular flexibility index (Phi) is 8.10. The molecule has 0 rings (SSSR count). The minimum absolute atomic E-state index is 0.0781. The van der Waals surface area contributed by atoms with Gasteiger partial charge >= 0.3 is 0 Å². The van der Waals surface area contributed by atoms with Gasteiger partial charge in [-0.3, -0.25) is 0 Å². The predicted molar refractivity (Wildman–Crippen MR) is 57.4 cm³/mol. The van der Waals surface area contributed by atoms with Gasteiger partial charge in [0.25, 0.3) is 0 Å². The van der Waals surface area contributed by atoms with Gasteiger partial charge in [-0.1, -0.05) is 6.08 Å².